The molecule has 0 heterocycles. The van der Waals surface area contributed by atoms with Crippen molar-refractivity contribution in [2.75, 3.05) is 0 Å². The molecule has 0 aromatic heterocycles. The standard InChI is InChI=1S/C5H7BrN2/c6-8-3-4-1-5(4,7)2-4/h3H,1-2,7H2/b8-3-. The Balaban J connectivity index is 2.13. The lowest BCUT2D eigenvalue weighted by Gasteiger charge is -1.85. The number of hydrogen-bond acceptors (Lipinski definition) is 2. The summed E-state index contributed by atoms with van der Waals surface area (Å²) in [6.45, 7) is 0. The highest BCUT2D eigenvalue weighted by molar-refractivity contribution is 9.08. The van der Waals surface area contributed by atoms with Gasteiger partial charge in [0.1, 0.15) is 0 Å². The van der Waals surface area contributed by atoms with E-state index in [1.165, 1.54) is 0 Å². The van der Waals surface area contributed by atoms with E-state index in [2.05, 4.69) is 20.2 Å². The van der Waals surface area contributed by atoms with E-state index in [0.29, 0.717) is 5.41 Å². The third-order valence-electron chi connectivity index (χ3n) is 2.30. The predicted octanol–water partition coefficient (Wildman–Crippen LogP) is 0.858. The van der Waals surface area contributed by atoms with E-state index in [1.54, 1.807) is 0 Å². The maximum Gasteiger partial charge on any atom is 0.0730 e. The number of nitrogens with zero attached hydrogens (tertiary/aromatic N) is 1. The van der Waals surface area contributed by atoms with Crippen molar-refractivity contribution in [3.05, 3.63) is 0 Å². The Bertz CT molecular complexity index is 158. The topological polar surface area (TPSA) is 38.4 Å². The highest BCUT2D eigenvalue weighted by atomic mass is 79.9. The molecule has 8 heavy (non-hydrogen) atoms. The summed E-state index contributed by atoms with van der Waals surface area (Å²) >= 11 is 2.99. The van der Waals surface area contributed by atoms with Crippen LogP contribution in [0.3, 0.4) is 0 Å². The van der Waals surface area contributed by atoms with E-state index < -0.39 is 0 Å². The Hall–Kier alpha value is 0.110. The molecule has 0 radical (unpaired) electrons. The molecule has 0 aliphatic heterocycles. The smallest absolute Gasteiger partial charge is 0.0730 e. The third-order valence-corrected chi connectivity index (χ3v) is 2.50. The molecule has 0 saturated heterocycles. The Kier molecular flexibility index (Phi) is 0.632. The average Bonchev–Trinajstić information content (AvgIpc) is 2.25. The quantitative estimate of drug-likeness (QED) is 0.589. The van der Waals surface area contributed by atoms with Gasteiger partial charge in [-0.15, -0.1) is 0 Å². The molecule has 2 aliphatic carbocycles. The lowest BCUT2D eigenvalue weighted by Crippen LogP contribution is -2.07. The van der Waals surface area contributed by atoms with Gasteiger partial charge in [-0.3, -0.25) is 0 Å². The van der Waals surface area contributed by atoms with Crippen LogP contribution in [0.5, 0.6) is 0 Å². The molecule has 44 valence electrons. The van der Waals surface area contributed by atoms with Crippen LogP contribution in [-0.4, -0.2) is 11.8 Å². The summed E-state index contributed by atoms with van der Waals surface area (Å²) in [5.74, 6) is 0. The highest BCUT2D eigenvalue weighted by Gasteiger charge is 2.80. The van der Waals surface area contributed by atoms with Gasteiger partial charge in [-0.05, 0) is 12.8 Å². The maximum absolute atomic E-state index is 5.75. The van der Waals surface area contributed by atoms with Gasteiger partial charge in [0.2, 0.25) is 0 Å². The first-order valence-corrected chi connectivity index (χ1v) is 3.38. The predicted molar refractivity (Wildman–Crippen MR) is 36.0 cm³/mol. The first-order valence-electron chi connectivity index (χ1n) is 2.67. The van der Waals surface area contributed by atoms with Crippen molar-refractivity contribution in [3.63, 3.8) is 0 Å². The van der Waals surface area contributed by atoms with Crippen LogP contribution in [0.4, 0.5) is 0 Å². The molecule has 0 aromatic rings. The van der Waals surface area contributed by atoms with E-state index in [-0.39, 0.29) is 5.54 Å². The number of fused-ring (bicyclic) bond motifs is 1. The average molecular weight is 175 g/mol. The monoisotopic (exact) mass is 174 g/mol. The van der Waals surface area contributed by atoms with Crippen molar-refractivity contribution in [1.29, 1.82) is 0 Å². The molecule has 2 fully saturated rings. The SMILES string of the molecule is NC12CC1(/C=N\Br)C2. The minimum Gasteiger partial charge on any atom is -0.324 e. The van der Waals surface area contributed by atoms with Crippen molar-refractivity contribution >= 4 is 22.4 Å². The van der Waals surface area contributed by atoms with Gasteiger partial charge in [-0.2, -0.15) is 0 Å². The third kappa shape index (κ3) is 0.358. The maximum atomic E-state index is 5.75. The summed E-state index contributed by atoms with van der Waals surface area (Å²) in [5.41, 5.74) is 6.28. The van der Waals surface area contributed by atoms with Crippen LogP contribution >= 0.6 is 16.1 Å². The Morgan fingerprint density at radius 1 is 1.62 bits per heavy atom. The summed E-state index contributed by atoms with van der Waals surface area (Å²) in [5, 5.41) is 0. The number of hydrogen-bond donors (Lipinski definition) is 1. The summed E-state index contributed by atoms with van der Waals surface area (Å²) in [6, 6.07) is 0. The van der Waals surface area contributed by atoms with Gasteiger partial charge in [-0.1, -0.05) is 0 Å². The minimum absolute atomic E-state index is 0.185. The molecule has 2 N–H and O–H groups in total. The molecule has 0 atom stereocenters. The van der Waals surface area contributed by atoms with Gasteiger partial charge in [0.15, 0.2) is 0 Å². The second kappa shape index (κ2) is 1.02. The Labute approximate surface area is 56.5 Å². The zero-order valence-electron chi connectivity index (χ0n) is 4.39. The van der Waals surface area contributed by atoms with Crippen molar-refractivity contribution < 1.29 is 0 Å². The van der Waals surface area contributed by atoms with Crippen LogP contribution < -0.4 is 5.73 Å². The first kappa shape index (κ1) is 4.94. The van der Waals surface area contributed by atoms with E-state index in [9.17, 15) is 0 Å². The van der Waals surface area contributed by atoms with Crippen LogP contribution in [0.1, 0.15) is 12.8 Å². The van der Waals surface area contributed by atoms with E-state index in [1.807, 2.05) is 6.21 Å². The molecule has 3 heteroatoms. The van der Waals surface area contributed by atoms with Crippen LogP contribution in [0.25, 0.3) is 0 Å². The Morgan fingerprint density at radius 2 is 2.12 bits per heavy atom. The first-order chi connectivity index (χ1) is 3.72. The van der Waals surface area contributed by atoms with Crippen LogP contribution in [0.15, 0.2) is 4.02 Å². The number of rotatable bonds is 1. The summed E-state index contributed by atoms with van der Waals surface area (Å²) in [6.07, 6.45) is 4.22. The minimum atomic E-state index is 0.185. The zero-order valence-corrected chi connectivity index (χ0v) is 5.98. The normalized spacial score (nSPS) is 58.8. The van der Waals surface area contributed by atoms with E-state index in [0.717, 1.165) is 12.8 Å². The second-order valence-corrected chi connectivity index (χ2v) is 3.30. The van der Waals surface area contributed by atoms with Crippen molar-refractivity contribution in [2.45, 2.75) is 18.4 Å². The van der Waals surface area contributed by atoms with E-state index >= 15 is 0 Å². The van der Waals surface area contributed by atoms with Crippen LogP contribution in [0, 0.1) is 5.41 Å². The number of nitrogens with two attached hydrogens (primary N) is 1. The van der Waals surface area contributed by atoms with Gasteiger partial charge in [-0.25, -0.2) is 4.02 Å². The summed E-state index contributed by atoms with van der Waals surface area (Å²) < 4.78 is 3.76. The van der Waals surface area contributed by atoms with Gasteiger partial charge < -0.3 is 5.73 Å². The molecule has 0 aromatic carbocycles. The van der Waals surface area contributed by atoms with Gasteiger partial charge in [0.05, 0.1) is 16.1 Å². The zero-order chi connectivity index (χ0) is 5.83. The molecule has 2 aliphatic rings. The molecular formula is C5H7BrN2. The molecule has 2 rings (SSSR count). The highest BCUT2D eigenvalue weighted by Crippen LogP contribution is 2.75. The fourth-order valence-corrected chi connectivity index (χ4v) is 1.69. The summed E-state index contributed by atoms with van der Waals surface area (Å²) in [7, 11) is 0. The van der Waals surface area contributed by atoms with Crippen molar-refractivity contribution in [2.24, 2.45) is 15.2 Å². The van der Waals surface area contributed by atoms with Crippen molar-refractivity contribution in [1.82, 2.24) is 0 Å². The fraction of sp³-hybridized carbons (Fsp3) is 0.800. The van der Waals surface area contributed by atoms with Crippen molar-refractivity contribution in [3.8, 4) is 0 Å². The molecule has 0 amide bonds. The van der Waals surface area contributed by atoms with E-state index in [4.69, 9.17) is 5.73 Å². The molecule has 0 spiro atoms. The summed E-state index contributed by atoms with van der Waals surface area (Å²) in [4.78, 5) is 0. The Morgan fingerprint density at radius 3 is 2.25 bits per heavy atom. The van der Waals surface area contributed by atoms with Gasteiger partial charge in [0, 0.05) is 17.2 Å². The largest absolute Gasteiger partial charge is 0.324 e. The van der Waals surface area contributed by atoms with Crippen LogP contribution in [0.2, 0.25) is 0 Å². The lowest BCUT2D eigenvalue weighted by molar-refractivity contribution is 0.783. The fourth-order valence-electron chi connectivity index (χ4n) is 1.30. The van der Waals surface area contributed by atoms with Gasteiger partial charge in [0.25, 0.3) is 0 Å². The molecule has 2 nitrogen and oxygen atoms in total. The molecule has 0 bridgehead atoms. The lowest BCUT2D eigenvalue weighted by atomic mass is 10.2. The van der Waals surface area contributed by atoms with Crippen LogP contribution in [-0.2, 0) is 0 Å². The molecule has 0 unspecified atom stereocenters. The molecular weight excluding hydrogens is 168 g/mol. The number of halogens is 1. The molecule has 2 saturated carbocycles. The second-order valence-electron chi connectivity index (χ2n) is 2.89. The van der Waals surface area contributed by atoms with Gasteiger partial charge >= 0.3 is 0 Å².